The molecule has 0 saturated carbocycles. The van der Waals surface area contributed by atoms with E-state index in [1.54, 1.807) is 19.2 Å². The maximum absolute atomic E-state index is 8.25. The number of nitrogens with zero attached hydrogens (tertiary/aromatic N) is 2. The zero-order valence-corrected chi connectivity index (χ0v) is 5.70. The SMILES string of the molecule is C/C=C/C=NC(C)C#N. The molecule has 0 aromatic heterocycles. The van der Waals surface area contributed by atoms with E-state index >= 15 is 0 Å². The molecule has 1 unspecified atom stereocenters. The molecule has 0 amide bonds. The van der Waals surface area contributed by atoms with Gasteiger partial charge in [0, 0.05) is 6.21 Å². The third-order valence-electron chi connectivity index (χ3n) is 0.775. The minimum absolute atomic E-state index is 0.221. The average molecular weight is 122 g/mol. The Hall–Kier alpha value is -1.10. The zero-order chi connectivity index (χ0) is 7.11. The summed E-state index contributed by atoms with van der Waals surface area (Å²) in [7, 11) is 0. The van der Waals surface area contributed by atoms with Crippen LogP contribution < -0.4 is 0 Å². The normalized spacial score (nSPS) is 14.3. The summed E-state index contributed by atoms with van der Waals surface area (Å²) in [4.78, 5) is 3.86. The standard InChI is InChI=1S/C7H10N2/c1-3-4-5-9-7(2)6-8/h3-5,7H,1-2H3/b4-3+,9-5?. The largest absolute Gasteiger partial charge is 0.275 e. The Morgan fingerprint density at radius 1 is 1.67 bits per heavy atom. The Morgan fingerprint density at radius 3 is 2.78 bits per heavy atom. The lowest BCUT2D eigenvalue weighted by Gasteiger charge is -1.86. The lowest BCUT2D eigenvalue weighted by atomic mass is 10.4. The molecule has 0 aromatic rings. The maximum Gasteiger partial charge on any atom is 0.133 e. The van der Waals surface area contributed by atoms with Gasteiger partial charge < -0.3 is 0 Å². The summed E-state index contributed by atoms with van der Waals surface area (Å²) in [5.41, 5.74) is 0. The third-order valence-corrected chi connectivity index (χ3v) is 0.775. The fourth-order valence-corrected chi connectivity index (χ4v) is 0.298. The first kappa shape index (κ1) is 7.90. The Labute approximate surface area is 55.5 Å². The van der Waals surface area contributed by atoms with Crippen molar-refractivity contribution >= 4 is 6.21 Å². The lowest BCUT2D eigenvalue weighted by molar-refractivity contribution is 0.947. The number of nitriles is 1. The molecule has 9 heavy (non-hydrogen) atoms. The number of aliphatic imine (C=N–C) groups is 1. The monoisotopic (exact) mass is 122 g/mol. The first-order valence-corrected chi connectivity index (χ1v) is 2.85. The molecule has 0 rings (SSSR count). The minimum Gasteiger partial charge on any atom is -0.275 e. The summed E-state index contributed by atoms with van der Waals surface area (Å²) in [6.45, 7) is 3.66. The summed E-state index contributed by atoms with van der Waals surface area (Å²) >= 11 is 0. The topological polar surface area (TPSA) is 36.1 Å². The van der Waals surface area contributed by atoms with Crippen LogP contribution in [0.5, 0.6) is 0 Å². The van der Waals surface area contributed by atoms with Gasteiger partial charge in [-0.2, -0.15) is 5.26 Å². The van der Waals surface area contributed by atoms with Crippen LogP contribution in [0.15, 0.2) is 17.1 Å². The van der Waals surface area contributed by atoms with Crippen LogP contribution in [0.2, 0.25) is 0 Å². The van der Waals surface area contributed by atoms with Crippen molar-refractivity contribution in [2.75, 3.05) is 0 Å². The molecule has 0 radical (unpaired) electrons. The van der Waals surface area contributed by atoms with Gasteiger partial charge >= 0.3 is 0 Å². The highest BCUT2D eigenvalue weighted by Crippen LogP contribution is 1.82. The molecule has 0 aliphatic heterocycles. The minimum atomic E-state index is -0.221. The van der Waals surface area contributed by atoms with Crippen molar-refractivity contribution in [3.63, 3.8) is 0 Å². The van der Waals surface area contributed by atoms with Gasteiger partial charge in [0.1, 0.15) is 6.04 Å². The molecule has 0 spiro atoms. The van der Waals surface area contributed by atoms with Crippen LogP contribution in [-0.4, -0.2) is 12.3 Å². The van der Waals surface area contributed by atoms with Crippen molar-refractivity contribution in [3.8, 4) is 6.07 Å². The van der Waals surface area contributed by atoms with Crippen LogP contribution >= 0.6 is 0 Å². The van der Waals surface area contributed by atoms with Crippen LogP contribution in [0, 0.1) is 11.3 Å². The van der Waals surface area contributed by atoms with E-state index in [4.69, 9.17) is 5.26 Å². The van der Waals surface area contributed by atoms with E-state index in [0.717, 1.165) is 0 Å². The molecule has 0 bridgehead atoms. The van der Waals surface area contributed by atoms with Gasteiger partial charge in [-0.05, 0) is 19.9 Å². The van der Waals surface area contributed by atoms with E-state index in [1.165, 1.54) is 0 Å². The smallest absolute Gasteiger partial charge is 0.133 e. The van der Waals surface area contributed by atoms with Crippen LogP contribution in [0.25, 0.3) is 0 Å². The Kier molecular flexibility index (Phi) is 4.43. The second kappa shape index (κ2) is 5.04. The van der Waals surface area contributed by atoms with Crippen LogP contribution in [0.1, 0.15) is 13.8 Å². The highest BCUT2D eigenvalue weighted by Gasteiger charge is 1.87. The lowest BCUT2D eigenvalue weighted by Crippen LogP contribution is -1.90. The first-order chi connectivity index (χ1) is 4.31. The van der Waals surface area contributed by atoms with Crippen molar-refractivity contribution in [3.05, 3.63) is 12.2 Å². The Balaban J connectivity index is 3.60. The average Bonchev–Trinajstić information content (AvgIpc) is 1.89. The van der Waals surface area contributed by atoms with Gasteiger partial charge in [-0.3, -0.25) is 4.99 Å². The summed E-state index contributed by atoms with van der Waals surface area (Å²) in [6, 6.07) is 1.77. The van der Waals surface area contributed by atoms with Crippen LogP contribution in [-0.2, 0) is 0 Å². The third kappa shape index (κ3) is 4.76. The molecular weight excluding hydrogens is 112 g/mol. The molecule has 0 fully saturated rings. The molecule has 0 aromatic carbocycles. The fraction of sp³-hybridized carbons (Fsp3) is 0.429. The molecule has 0 aliphatic carbocycles. The van der Waals surface area contributed by atoms with E-state index < -0.39 is 0 Å². The summed E-state index contributed by atoms with van der Waals surface area (Å²) in [6.07, 6.45) is 5.30. The van der Waals surface area contributed by atoms with Crippen molar-refractivity contribution in [2.45, 2.75) is 19.9 Å². The molecular formula is C7H10N2. The first-order valence-electron chi connectivity index (χ1n) is 2.85. The van der Waals surface area contributed by atoms with Crippen molar-refractivity contribution in [1.29, 1.82) is 5.26 Å². The Bertz CT molecular complexity index is 151. The molecule has 48 valence electrons. The fourth-order valence-electron chi connectivity index (χ4n) is 0.298. The predicted octanol–water partition coefficient (Wildman–Crippen LogP) is 1.55. The summed E-state index contributed by atoms with van der Waals surface area (Å²) in [5, 5.41) is 8.25. The van der Waals surface area contributed by atoms with Gasteiger partial charge in [-0.15, -0.1) is 0 Å². The number of hydrogen-bond acceptors (Lipinski definition) is 2. The molecule has 1 atom stereocenters. The van der Waals surface area contributed by atoms with Crippen molar-refractivity contribution in [2.24, 2.45) is 4.99 Å². The Morgan fingerprint density at radius 2 is 2.33 bits per heavy atom. The number of rotatable bonds is 2. The van der Waals surface area contributed by atoms with E-state index in [0.29, 0.717) is 0 Å². The second-order valence-electron chi connectivity index (χ2n) is 1.63. The van der Waals surface area contributed by atoms with Crippen LogP contribution in [0.4, 0.5) is 0 Å². The van der Waals surface area contributed by atoms with E-state index in [9.17, 15) is 0 Å². The number of hydrogen-bond donors (Lipinski definition) is 0. The molecule has 0 heterocycles. The van der Waals surface area contributed by atoms with E-state index in [2.05, 4.69) is 4.99 Å². The van der Waals surface area contributed by atoms with Gasteiger partial charge in [0.15, 0.2) is 0 Å². The maximum atomic E-state index is 8.25. The van der Waals surface area contributed by atoms with Gasteiger partial charge in [0.05, 0.1) is 6.07 Å². The highest BCUT2D eigenvalue weighted by molar-refractivity contribution is 5.71. The van der Waals surface area contributed by atoms with Gasteiger partial charge in [0.2, 0.25) is 0 Å². The van der Waals surface area contributed by atoms with Crippen molar-refractivity contribution < 1.29 is 0 Å². The highest BCUT2D eigenvalue weighted by atomic mass is 14.7. The van der Waals surface area contributed by atoms with Gasteiger partial charge in [-0.25, -0.2) is 0 Å². The molecule has 0 N–H and O–H groups in total. The van der Waals surface area contributed by atoms with Crippen molar-refractivity contribution in [1.82, 2.24) is 0 Å². The summed E-state index contributed by atoms with van der Waals surface area (Å²) in [5.74, 6) is 0. The van der Waals surface area contributed by atoms with Gasteiger partial charge in [-0.1, -0.05) is 6.08 Å². The molecule has 0 saturated heterocycles. The summed E-state index contributed by atoms with van der Waals surface area (Å²) < 4.78 is 0. The van der Waals surface area contributed by atoms with E-state index in [1.807, 2.05) is 19.1 Å². The van der Waals surface area contributed by atoms with E-state index in [-0.39, 0.29) is 6.04 Å². The van der Waals surface area contributed by atoms with Crippen LogP contribution in [0.3, 0.4) is 0 Å². The molecule has 2 nitrogen and oxygen atoms in total. The number of allylic oxidation sites excluding steroid dienone is 2. The quantitative estimate of drug-likeness (QED) is 0.512. The predicted molar refractivity (Wildman–Crippen MR) is 38.4 cm³/mol. The van der Waals surface area contributed by atoms with Gasteiger partial charge in [0.25, 0.3) is 0 Å². The second-order valence-corrected chi connectivity index (χ2v) is 1.63. The molecule has 2 heteroatoms. The zero-order valence-electron chi connectivity index (χ0n) is 5.70. The molecule has 0 aliphatic rings.